The summed E-state index contributed by atoms with van der Waals surface area (Å²) in [4.78, 5) is 25.1. The number of anilines is 3. The lowest BCUT2D eigenvalue weighted by Gasteiger charge is -2.30. The first-order valence-electron chi connectivity index (χ1n) is 12.0. The average molecular weight is 486 g/mol. The minimum Gasteiger partial charge on any atom is -0.352 e. The number of nitrogens with one attached hydrogen (secondary N) is 3. The number of hydrogen-bond donors (Lipinski definition) is 3. The van der Waals surface area contributed by atoms with Crippen LogP contribution in [0.2, 0.25) is 0 Å². The van der Waals surface area contributed by atoms with Crippen LogP contribution in [0, 0.1) is 5.92 Å². The molecule has 2 aliphatic heterocycles. The number of benzene rings is 2. The van der Waals surface area contributed by atoms with Crippen LogP contribution >= 0.6 is 11.8 Å². The van der Waals surface area contributed by atoms with Crippen LogP contribution < -0.4 is 21.0 Å². The molecule has 0 bridgehead atoms. The predicted octanol–water partition coefficient (Wildman–Crippen LogP) is 4.26. The lowest BCUT2D eigenvalue weighted by molar-refractivity contribution is -0.117. The second-order valence-electron chi connectivity index (χ2n) is 9.10. The maximum absolute atomic E-state index is 12.0. The number of amides is 1. The van der Waals surface area contributed by atoms with E-state index in [1.807, 2.05) is 36.5 Å². The lowest BCUT2D eigenvalue weighted by Crippen LogP contribution is -2.32. The summed E-state index contributed by atoms with van der Waals surface area (Å²) in [5.74, 6) is 1.98. The van der Waals surface area contributed by atoms with Crippen molar-refractivity contribution in [3.8, 4) is 0 Å². The summed E-state index contributed by atoms with van der Waals surface area (Å²) in [6, 6.07) is 18.5. The Morgan fingerprint density at radius 1 is 1.06 bits per heavy atom. The standard InChI is InChI=1S/C26H27N7OS/c34-25(18-5-6-18)28-20-7-9-21(10-8-20)35-26-30-23(29-22-11-13-27-32-22)15-24(31-26)33-14-12-17-3-1-2-4-19(17)16-33/h1-4,7-10,13,15,18,22,32H,5-6,11-12,14,16H2,(H,28,34)(H,29,30,31). The highest BCUT2D eigenvalue weighted by molar-refractivity contribution is 7.99. The van der Waals surface area contributed by atoms with Gasteiger partial charge in [-0.15, -0.1) is 0 Å². The zero-order chi connectivity index (χ0) is 23.6. The topological polar surface area (TPSA) is 94.5 Å². The smallest absolute Gasteiger partial charge is 0.227 e. The molecule has 1 fully saturated rings. The van der Waals surface area contributed by atoms with E-state index in [0.29, 0.717) is 5.16 Å². The molecular weight excluding hydrogens is 458 g/mol. The highest BCUT2D eigenvalue weighted by Crippen LogP contribution is 2.32. The van der Waals surface area contributed by atoms with Crippen molar-refractivity contribution in [2.45, 2.75) is 48.4 Å². The quantitative estimate of drug-likeness (QED) is 0.431. The van der Waals surface area contributed by atoms with Crippen LogP contribution in [-0.4, -0.2) is 34.8 Å². The number of nitrogens with zero attached hydrogens (tertiary/aromatic N) is 4. The van der Waals surface area contributed by atoms with Gasteiger partial charge in [-0.25, -0.2) is 9.97 Å². The van der Waals surface area contributed by atoms with E-state index in [9.17, 15) is 4.79 Å². The first kappa shape index (κ1) is 21.9. The Labute approximate surface area is 208 Å². The fourth-order valence-electron chi connectivity index (χ4n) is 4.31. The number of fused-ring (bicyclic) bond motifs is 1. The van der Waals surface area contributed by atoms with Crippen LogP contribution in [0.15, 0.2) is 69.8 Å². The van der Waals surface area contributed by atoms with Crippen molar-refractivity contribution in [1.82, 2.24) is 15.4 Å². The van der Waals surface area contributed by atoms with Gasteiger partial charge in [0.15, 0.2) is 5.16 Å². The van der Waals surface area contributed by atoms with E-state index in [4.69, 9.17) is 9.97 Å². The molecule has 3 aromatic rings. The monoisotopic (exact) mass is 485 g/mol. The fraction of sp³-hybridized carbons (Fsp3) is 0.308. The number of carbonyl (C=O) groups excluding carboxylic acids is 1. The minimum atomic E-state index is 0.0204. The SMILES string of the molecule is O=C(Nc1ccc(Sc2nc(NC3CC=NN3)cc(N3CCc4ccccc4C3)n2)cc1)C1CC1. The molecule has 9 heteroatoms. The van der Waals surface area contributed by atoms with Crippen molar-refractivity contribution in [2.24, 2.45) is 11.0 Å². The lowest BCUT2D eigenvalue weighted by atomic mass is 10.00. The van der Waals surface area contributed by atoms with Crippen molar-refractivity contribution in [3.63, 3.8) is 0 Å². The summed E-state index contributed by atoms with van der Waals surface area (Å²) in [5, 5.41) is 11.2. The van der Waals surface area contributed by atoms with Crippen LogP contribution in [0.1, 0.15) is 30.4 Å². The molecule has 1 saturated carbocycles. The van der Waals surface area contributed by atoms with Gasteiger partial charge in [0.25, 0.3) is 0 Å². The van der Waals surface area contributed by atoms with E-state index in [1.165, 1.54) is 22.9 Å². The summed E-state index contributed by atoms with van der Waals surface area (Å²) in [6.07, 6.45) is 5.67. The van der Waals surface area contributed by atoms with E-state index in [2.05, 4.69) is 50.3 Å². The van der Waals surface area contributed by atoms with E-state index < -0.39 is 0 Å². The molecule has 3 N–H and O–H groups in total. The van der Waals surface area contributed by atoms with Crippen LogP contribution in [0.3, 0.4) is 0 Å². The average Bonchev–Trinajstić information content (AvgIpc) is 3.62. The summed E-state index contributed by atoms with van der Waals surface area (Å²) in [5.41, 5.74) is 6.64. The molecule has 6 rings (SSSR count). The molecule has 1 unspecified atom stereocenters. The molecule has 1 aliphatic carbocycles. The second-order valence-corrected chi connectivity index (χ2v) is 10.1. The molecule has 8 nitrogen and oxygen atoms in total. The largest absolute Gasteiger partial charge is 0.352 e. The Hall–Kier alpha value is -3.59. The van der Waals surface area contributed by atoms with Gasteiger partial charge in [-0.05, 0) is 66.4 Å². The van der Waals surface area contributed by atoms with E-state index in [1.54, 1.807) is 0 Å². The van der Waals surface area contributed by atoms with Crippen LogP contribution in [0.25, 0.3) is 0 Å². The van der Waals surface area contributed by atoms with Gasteiger partial charge in [0, 0.05) is 48.3 Å². The third-order valence-corrected chi connectivity index (χ3v) is 7.28. The van der Waals surface area contributed by atoms with Crippen LogP contribution in [-0.2, 0) is 17.8 Å². The Balaban J connectivity index is 1.22. The normalized spacial score (nSPS) is 18.6. The van der Waals surface area contributed by atoms with Crippen molar-refractivity contribution in [3.05, 3.63) is 65.7 Å². The van der Waals surface area contributed by atoms with Gasteiger partial charge in [-0.3, -0.25) is 10.2 Å². The highest BCUT2D eigenvalue weighted by Gasteiger charge is 2.29. The molecule has 3 heterocycles. The zero-order valence-electron chi connectivity index (χ0n) is 19.3. The molecule has 1 atom stereocenters. The number of carbonyl (C=O) groups is 1. The second kappa shape index (κ2) is 9.58. The van der Waals surface area contributed by atoms with Gasteiger partial charge in [-0.2, -0.15) is 5.10 Å². The maximum Gasteiger partial charge on any atom is 0.227 e. The van der Waals surface area contributed by atoms with E-state index in [-0.39, 0.29) is 18.0 Å². The number of hydrogen-bond acceptors (Lipinski definition) is 8. The molecule has 2 aromatic carbocycles. The van der Waals surface area contributed by atoms with Gasteiger partial charge in [0.2, 0.25) is 5.91 Å². The molecule has 0 spiro atoms. The third-order valence-electron chi connectivity index (χ3n) is 6.41. The van der Waals surface area contributed by atoms with Crippen molar-refractivity contribution >= 4 is 41.2 Å². The third kappa shape index (κ3) is 5.24. The number of hydrazone groups is 1. The Morgan fingerprint density at radius 2 is 1.89 bits per heavy atom. The Morgan fingerprint density at radius 3 is 2.66 bits per heavy atom. The van der Waals surface area contributed by atoms with Crippen molar-refractivity contribution < 1.29 is 4.79 Å². The first-order valence-corrected chi connectivity index (χ1v) is 12.8. The van der Waals surface area contributed by atoms with E-state index >= 15 is 0 Å². The maximum atomic E-state index is 12.0. The van der Waals surface area contributed by atoms with Crippen molar-refractivity contribution in [1.29, 1.82) is 0 Å². The van der Waals surface area contributed by atoms with Crippen LogP contribution in [0.5, 0.6) is 0 Å². The molecular formula is C26H27N7OS. The van der Waals surface area contributed by atoms with Gasteiger partial charge >= 0.3 is 0 Å². The highest BCUT2D eigenvalue weighted by atomic mass is 32.2. The molecule has 1 amide bonds. The van der Waals surface area contributed by atoms with Crippen molar-refractivity contribution in [2.75, 3.05) is 22.1 Å². The first-order chi connectivity index (χ1) is 17.2. The number of aromatic nitrogens is 2. The predicted molar refractivity (Wildman–Crippen MR) is 139 cm³/mol. The van der Waals surface area contributed by atoms with E-state index in [0.717, 1.165) is 61.0 Å². The van der Waals surface area contributed by atoms with Crippen LogP contribution in [0.4, 0.5) is 17.3 Å². The summed E-state index contributed by atoms with van der Waals surface area (Å²) < 4.78 is 0. The van der Waals surface area contributed by atoms with Gasteiger partial charge in [0.05, 0.1) is 0 Å². The molecule has 35 heavy (non-hydrogen) atoms. The molecule has 1 aromatic heterocycles. The Kier molecular flexibility index (Phi) is 5.99. The molecule has 178 valence electrons. The Bertz CT molecular complexity index is 1250. The molecule has 0 saturated heterocycles. The van der Waals surface area contributed by atoms with Gasteiger partial charge < -0.3 is 15.5 Å². The molecule has 0 radical (unpaired) electrons. The summed E-state index contributed by atoms with van der Waals surface area (Å²) in [6.45, 7) is 1.74. The van der Waals surface area contributed by atoms with Gasteiger partial charge in [-0.1, -0.05) is 24.3 Å². The van der Waals surface area contributed by atoms with Gasteiger partial charge in [0.1, 0.15) is 17.8 Å². The number of rotatable bonds is 7. The zero-order valence-corrected chi connectivity index (χ0v) is 20.1. The minimum absolute atomic E-state index is 0.0204. The summed E-state index contributed by atoms with van der Waals surface area (Å²) >= 11 is 1.52. The molecule has 3 aliphatic rings. The summed E-state index contributed by atoms with van der Waals surface area (Å²) in [7, 11) is 0. The fourth-order valence-corrected chi connectivity index (χ4v) is 5.08.